The van der Waals surface area contributed by atoms with Crippen molar-refractivity contribution in [1.82, 2.24) is 5.32 Å². The number of carbonyl (C=O) groups excluding carboxylic acids is 1. The predicted octanol–water partition coefficient (Wildman–Crippen LogP) is 3.53. The van der Waals surface area contributed by atoms with E-state index in [2.05, 4.69) is 5.32 Å². The predicted molar refractivity (Wildman–Crippen MR) is 81.8 cm³/mol. The third kappa shape index (κ3) is 3.79. The Labute approximate surface area is 132 Å². The number of carbonyl (C=O) groups is 1. The summed E-state index contributed by atoms with van der Waals surface area (Å²) in [6, 6.07) is 8.03. The second-order valence-corrected chi connectivity index (χ2v) is 5.83. The average molecular weight is 328 g/mol. The summed E-state index contributed by atoms with van der Waals surface area (Å²) in [7, 11) is 0. The van der Waals surface area contributed by atoms with Crippen LogP contribution in [0.2, 0.25) is 10.0 Å². The van der Waals surface area contributed by atoms with Crippen molar-refractivity contribution in [3.05, 3.63) is 57.5 Å². The number of benzene rings is 1. The molecule has 112 valence electrons. The van der Waals surface area contributed by atoms with Crippen LogP contribution in [0.1, 0.15) is 28.8 Å². The summed E-state index contributed by atoms with van der Waals surface area (Å²) in [6.45, 7) is 3.35. The molecule has 0 radical (unpaired) electrons. The van der Waals surface area contributed by atoms with Gasteiger partial charge in [0.05, 0.1) is 17.1 Å². The van der Waals surface area contributed by atoms with Gasteiger partial charge in [-0.15, -0.1) is 0 Å². The largest absolute Gasteiger partial charge is 0.463 e. The van der Waals surface area contributed by atoms with Crippen molar-refractivity contribution in [3.63, 3.8) is 0 Å². The van der Waals surface area contributed by atoms with Crippen LogP contribution in [0.5, 0.6) is 0 Å². The van der Waals surface area contributed by atoms with E-state index < -0.39 is 5.60 Å². The Morgan fingerprint density at radius 3 is 2.62 bits per heavy atom. The monoisotopic (exact) mass is 327 g/mol. The van der Waals surface area contributed by atoms with Crippen LogP contribution in [0, 0.1) is 6.92 Å². The molecule has 1 aromatic carbocycles. The zero-order valence-corrected chi connectivity index (χ0v) is 13.1. The smallest absolute Gasteiger partial charge is 0.252 e. The zero-order chi connectivity index (χ0) is 15.6. The van der Waals surface area contributed by atoms with Crippen molar-refractivity contribution >= 4 is 29.1 Å². The number of aliphatic hydroxyl groups is 1. The standard InChI is InChI=1S/C15H15Cl2NO3/c1-9-3-6-13(21-9)15(2,20)8-18-14(19)11-5-4-10(16)7-12(11)17/h3-7,20H,8H2,1-2H3,(H,18,19). The molecular weight excluding hydrogens is 313 g/mol. The van der Waals surface area contributed by atoms with Crippen LogP contribution in [0.4, 0.5) is 0 Å². The summed E-state index contributed by atoms with van der Waals surface area (Å²) >= 11 is 11.8. The lowest BCUT2D eigenvalue weighted by Gasteiger charge is -2.21. The maximum Gasteiger partial charge on any atom is 0.252 e. The summed E-state index contributed by atoms with van der Waals surface area (Å²) in [5, 5.41) is 13.7. The Hall–Kier alpha value is -1.49. The van der Waals surface area contributed by atoms with Crippen LogP contribution in [0.15, 0.2) is 34.7 Å². The molecule has 6 heteroatoms. The molecule has 1 unspecified atom stereocenters. The Bertz CT molecular complexity index is 665. The molecule has 1 amide bonds. The fraction of sp³-hybridized carbons (Fsp3) is 0.267. The highest BCUT2D eigenvalue weighted by Crippen LogP contribution is 2.23. The number of amides is 1. The van der Waals surface area contributed by atoms with E-state index in [-0.39, 0.29) is 17.5 Å². The number of rotatable bonds is 4. The highest BCUT2D eigenvalue weighted by atomic mass is 35.5. The summed E-state index contributed by atoms with van der Waals surface area (Å²) in [5.74, 6) is 0.695. The van der Waals surface area contributed by atoms with Gasteiger partial charge in [0, 0.05) is 5.02 Å². The van der Waals surface area contributed by atoms with Gasteiger partial charge in [0.15, 0.2) is 0 Å². The lowest BCUT2D eigenvalue weighted by Crippen LogP contribution is -2.38. The molecule has 0 fully saturated rings. The minimum atomic E-state index is -1.30. The maximum atomic E-state index is 12.1. The van der Waals surface area contributed by atoms with E-state index in [0.29, 0.717) is 22.1 Å². The van der Waals surface area contributed by atoms with Gasteiger partial charge in [0.25, 0.3) is 5.91 Å². The number of hydrogen-bond acceptors (Lipinski definition) is 3. The van der Waals surface area contributed by atoms with E-state index in [0.717, 1.165) is 0 Å². The molecule has 0 aliphatic rings. The summed E-state index contributed by atoms with van der Waals surface area (Å²) < 4.78 is 5.38. The number of hydrogen-bond donors (Lipinski definition) is 2. The van der Waals surface area contributed by atoms with E-state index in [1.165, 1.54) is 12.1 Å². The molecule has 0 bridgehead atoms. The first-order valence-corrected chi connectivity index (χ1v) is 7.08. The molecule has 2 N–H and O–H groups in total. The molecule has 0 spiro atoms. The van der Waals surface area contributed by atoms with Gasteiger partial charge >= 0.3 is 0 Å². The fourth-order valence-electron chi connectivity index (χ4n) is 1.83. The van der Waals surface area contributed by atoms with E-state index >= 15 is 0 Å². The molecule has 2 rings (SSSR count). The van der Waals surface area contributed by atoms with Crippen molar-refractivity contribution in [2.75, 3.05) is 6.54 Å². The van der Waals surface area contributed by atoms with E-state index in [1.807, 2.05) is 0 Å². The quantitative estimate of drug-likeness (QED) is 0.902. The van der Waals surface area contributed by atoms with E-state index in [4.69, 9.17) is 27.6 Å². The Kier molecular flexibility index (Phi) is 4.61. The first-order chi connectivity index (χ1) is 9.79. The topological polar surface area (TPSA) is 62.5 Å². The van der Waals surface area contributed by atoms with Gasteiger partial charge in [-0.3, -0.25) is 4.79 Å². The van der Waals surface area contributed by atoms with Crippen LogP contribution >= 0.6 is 23.2 Å². The molecular formula is C15H15Cl2NO3. The molecule has 0 saturated carbocycles. The summed E-state index contributed by atoms with van der Waals surface area (Å²) in [5.41, 5.74) is -1.00. The van der Waals surface area contributed by atoms with Crippen LogP contribution < -0.4 is 5.32 Å². The number of furan rings is 1. The van der Waals surface area contributed by atoms with Gasteiger partial charge < -0.3 is 14.8 Å². The van der Waals surface area contributed by atoms with Crippen LogP contribution in [-0.2, 0) is 5.60 Å². The third-order valence-electron chi connectivity index (χ3n) is 3.04. The summed E-state index contributed by atoms with van der Waals surface area (Å²) in [6.07, 6.45) is 0. The maximum absolute atomic E-state index is 12.1. The Morgan fingerprint density at radius 2 is 2.05 bits per heavy atom. The number of aryl methyl sites for hydroxylation is 1. The average Bonchev–Trinajstić information content (AvgIpc) is 2.84. The van der Waals surface area contributed by atoms with Gasteiger partial charge in [-0.1, -0.05) is 23.2 Å². The molecule has 0 aliphatic heterocycles. The molecule has 0 saturated heterocycles. The SMILES string of the molecule is Cc1ccc(C(C)(O)CNC(=O)c2ccc(Cl)cc2Cl)o1. The van der Waals surface area contributed by atoms with Crippen molar-refractivity contribution in [2.24, 2.45) is 0 Å². The number of halogens is 2. The molecule has 1 heterocycles. The summed E-state index contributed by atoms with van der Waals surface area (Å²) in [4.78, 5) is 12.1. The lowest BCUT2D eigenvalue weighted by atomic mass is 10.0. The van der Waals surface area contributed by atoms with Crippen molar-refractivity contribution < 1.29 is 14.3 Å². The fourth-order valence-corrected chi connectivity index (χ4v) is 2.33. The van der Waals surface area contributed by atoms with Gasteiger partial charge in [-0.25, -0.2) is 0 Å². The van der Waals surface area contributed by atoms with Crippen molar-refractivity contribution in [1.29, 1.82) is 0 Å². The second kappa shape index (κ2) is 6.10. The van der Waals surface area contributed by atoms with Crippen LogP contribution in [0.25, 0.3) is 0 Å². The lowest BCUT2D eigenvalue weighted by molar-refractivity contribution is 0.0323. The van der Waals surface area contributed by atoms with Crippen LogP contribution in [-0.4, -0.2) is 17.6 Å². The molecule has 2 aromatic rings. The van der Waals surface area contributed by atoms with E-state index in [1.54, 1.807) is 32.0 Å². The Balaban J connectivity index is 2.06. The first-order valence-electron chi connectivity index (χ1n) is 6.32. The third-order valence-corrected chi connectivity index (χ3v) is 3.59. The molecule has 4 nitrogen and oxygen atoms in total. The van der Waals surface area contributed by atoms with Gasteiger partial charge in [0.1, 0.15) is 17.1 Å². The second-order valence-electron chi connectivity index (χ2n) is 4.99. The molecule has 21 heavy (non-hydrogen) atoms. The van der Waals surface area contributed by atoms with Gasteiger partial charge in [-0.05, 0) is 44.2 Å². The van der Waals surface area contributed by atoms with Gasteiger partial charge in [-0.2, -0.15) is 0 Å². The van der Waals surface area contributed by atoms with Gasteiger partial charge in [0.2, 0.25) is 0 Å². The highest BCUT2D eigenvalue weighted by Gasteiger charge is 2.27. The van der Waals surface area contributed by atoms with Crippen molar-refractivity contribution in [3.8, 4) is 0 Å². The molecule has 1 aromatic heterocycles. The van der Waals surface area contributed by atoms with Crippen molar-refractivity contribution in [2.45, 2.75) is 19.4 Å². The Morgan fingerprint density at radius 1 is 1.33 bits per heavy atom. The molecule has 0 aliphatic carbocycles. The van der Waals surface area contributed by atoms with Crippen LogP contribution in [0.3, 0.4) is 0 Å². The minimum Gasteiger partial charge on any atom is -0.463 e. The normalized spacial score (nSPS) is 13.8. The minimum absolute atomic E-state index is 0.00224. The van der Waals surface area contributed by atoms with E-state index in [9.17, 15) is 9.90 Å². The molecule has 1 atom stereocenters. The highest BCUT2D eigenvalue weighted by molar-refractivity contribution is 6.36. The first kappa shape index (κ1) is 15.9. The zero-order valence-electron chi connectivity index (χ0n) is 11.6. The number of nitrogens with one attached hydrogen (secondary N) is 1.